The summed E-state index contributed by atoms with van der Waals surface area (Å²) in [5, 5.41) is 8.26. The van der Waals surface area contributed by atoms with E-state index in [0.29, 0.717) is 11.0 Å². The Kier molecular flexibility index (Phi) is 5.79. The van der Waals surface area contributed by atoms with E-state index in [9.17, 15) is 4.79 Å². The maximum atomic E-state index is 12.3. The normalized spacial score (nSPS) is 21.1. The molecule has 0 radical (unpaired) electrons. The van der Waals surface area contributed by atoms with Crippen LogP contribution < -0.4 is 5.01 Å². The zero-order valence-electron chi connectivity index (χ0n) is 16.2. The number of amides is 1. The van der Waals surface area contributed by atoms with Crippen LogP contribution in [0.3, 0.4) is 0 Å². The number of aromatic nitrogens is 1. The summed E-state index contributed by atoms with van der Waals surface area (Å²) in [5.41, 5.74) is 3.50. The Hall–Kier alpha value is -2.50. The first-order valence-corrected chi connectivity index (χ1v) is 11.0. The van der Waals surface area contributed by atoms with Crippen LogP contribution in [0.2, 0.25) is 0 Å². The lowest BCUT2D eigenvalue weighted by molar-refractivity contribution is -0.116. The zero-order valence-corrected chi connectivity index (χ0v) is 17.7. The van der Waals surface area contributed by atoms with E-state index in [4.69, 9.17) is 16.6 Å². The lowest BCUT2D eigenvalue weighted by Crippen LogP contribution is -2.37. The van der Waals surface area contributed by atoms with Gasteiger partial charge in [0.1, 0.15) is 5.88 Å². The molecule has 1 saturated carbocycles. The molecule has 0 N–H and O–H groups in total. The Morgan fingerprint density at radius 3 is 2.52 bits per heavy atom. The molecule has 1 aromatic heterocycles. The predicted molar refractivity (Wildman–Crippen MR) is 120 cm³/mol. The van der Waals surface area contributed by atoms with Crippen LogP contribution in [0.1, 0.15) is 42.5 Å². The molecule has 1 aliphatic rings. The maximum Gasteiger partial charge on any atom is 0.264 e. The Bertz CT molecular complexity index is 997. The number of hydrogen-bond acceptors (Lipinski definition) is 4. The fraction of sp³-hybridized carbons (Fsp3) is 0.261. The fourth-order valence-corrected chi connectivity index (χ4v) is 4.81. The molecule has 0 spiro atoms. The molecule has 0 aliphatic heterocycles. The summed E-state index contributed by atoms with van der Waals surface area (Å²) in [6.45, 7) is 2.31. The van der Waals surface area contributed by atoms with Crippen molar-refractivity contribution in [2.75, 3.05) is 10.9 Å². The molecular weight excluding hydrogens is 402 g/mol. The average molecular weight is 424 g/mol. The molecular formula is C23H22ClN3OS. The molecule has 1 fully saturated rings. The number of nitrogens with zero attached hydrogens (tertiary/aromatic N) is 3. The van der Waals surface area contributed by atoms with E-state index < -0.39 is 0 Å². The van der Waals surface area contributed by atoms with E-state index >= 15 is 0 Å². The average Bonchev–Trinajstić information content (AvgIpc) is 3.22. The highest BCUT2D eigenvalue weighted by molar-refractivity contribution is 7.14. The van der Waals surface area contributed by atoms with Crippen LogP contribution in [-0.4, -0.2) is 23.0 Å². The third-order valence-electron chi connectivity index (χ3n) is 5.45. The number of benzene rings is 2. The summed E-state index contributed by atoms with van der Waals surface area (Å²) >= 11 is 7.23. The molecule has 2 aromatic carbocycles. The number of hydrogen-bond donors (Lipinski definition) is 0. The second-order valence-electron chi connectivity index (χ2n) is 7.58. The monoisotopic (exact) mass is 423 g/mol. The zero-order chi connectivity index (χ0) is 20.3. The summed E-state index contributed by atoms with van der Waals surface area (Å²) in [7, 11) is 0. The molecule has 0 unspecified atom stereocenters. The van der Waals surface area contributed by atoms with Gasteiger partial charge in [-0.2, -0.15) is 10.1 Å². The van der Waals surface area contributed by atoms with Gasteiger partial charge in [-0.25, -0.2) is 4.98 Å². The SMILES string of the molecule is CC1(c2ccccc2)CC(c2csc(N(N=Cc3ccccc3)C(=O)CCl)n2)C1. The van der Waals surface area contributed by atoms with Crippen molar-refractivity contribution in [2.24, 2.45) is 5.10 Å². The molecule has 0 saturated heterocycles. The summed E-state index contributed by atoms with van der Waals surface area (Å²) in [6, 6.07) is 20.3. The Morgan fingerprint density at radius 1 is 1.21 bits per heavy atom. The number of anilines is 1. The van der Waals surface area contributed by atoms with Crippen LogP contribution in [0.25, 0.3) is 0 Å². The molecule has 1 heterocycles. The van der Waals surface area contributed by atoms with Gasteiger partial charge in [0, 0.05) is 11.3 Å². The highest BCUT2D eigenvalue weighted by Gasteiger charge is 2.43. The Balaban J connectivity index is 1.49. The van der Waals surface area contributed by atoms with Gasteiger partial charge in [0.25, 0.3) is 5.91 Å². The maximum absolute atomic E-state index is 12.3. The van der Waals surface area contributed by atoms with Crippen molar-refractivity contribution in [1.29, 1.82) is 0 Å². The summed E-state index contributed by atoms with van der Waals surface area (Å²) in [4.78, 5) is 17.1. The smallest absolute Gasteiger partial charge is 0.264 e. The first-order chi connectivity index (χ1) is 14.1. The van der Waals surface area contributed by atoms with Crippen LogP contribution in [0.4, 0.5) is 5.13 Å². The van der Waals surface area contributed by atoms with Crippen molar-refractivity contribution in [2.45, 2.75) is 31.1 Å². The van der Waals surface area contributed by atoms with Gasteiger partial charge in [0.15, 0.2) is 0 Å². The summed E-state index contributed by atoms with van der Waals surface area (Å²) in [5.74, 6) is -0.0324. The lowest BCUT2D eigenvalue weighted by Gasteiger charge is -2.45. The molecule has 1 amide bonds. The molecule has 0 atom stereocenters. The third-order valence-corrected chi connectivity index (χ3v) is 6.51. The molecule has 1 aliphatic carbocycles. The van der Waals surface area contributed by atoms with Gasteiger partial charge in [-0.3, -0.25) is 4.79 Å². The van der Waals surface area contributed by atoms with Crippen molar-refractivity contribution in [3.63, 3.8) is 0 Å². The van der Waals surface area contributed by atoms with Gasteiger partial charge in [-0.15, -0.1) is 22.9 Å². The Labute approximate surface area is 179 Å². The van der Waals surface area contributed by atoms with Gasteiger partial charge in [0.05, 0.1) is 11.9 Å². The molecule has 4 nitrogen and oxygen atoms in total. The topological polar surface area (TPSA) is 45.6 Å². The number of alkyl halides is 1. The molecule has 6 heteroatoms. The van der Waals surface area contributed by atoms with Crippen LogP contribution in [0.5, 0.6) is 0 Å². The van der Waals surface area contributed by atoms with E-state index in [1.54, 1.807) is 6.21 Å². The number of carbonyl (C=O) groups is 1. The molecule has 29 heavy (non-hydrogen) atoms. The minimum Gasteiger partial charge on any atom is -0.271 e. The highest BCUT2D eigenvalue weighted by atomic mass is 35.5. The number of rotatable bonds is 6. The van der Waals surface area contributed by atoms with Crippen molar-refractivity contribution >= 4 is 40.2 Å². The number of halogens is 1. The minimum absolute atomic E-state index is 0.142. The van der Waals surface area contributed by atoms with Crippen LogP contribution in [0, 0.1) is 0 Å². The predicted octanol–water partition coefficient (Wildman–Crippen LogP) is 5.58. The van der Waals surface area contributed by atoms with Gasteiger partial charge in [-0.05, 0) is 29.4 Å². The minimum atomic E-state index is -0.289. The van der Waals surface area contributed by atoms with Crippen molar-refractivity contribution in [3.05, 3.63) is 82.9 Å². The van der Waals surface area contributed by atoms with Gasteiger partial charge in [0.2, 0.25) is 5.13 Å². The number of carbonyl (C=O) groups excluding carboxylic acids is 1. The van der Waals surface area contributed by atoms with Crippen molar-refractivity contribution < 1.29 is 4.79 Å². The van der Waals surface area contributed by atoms with Crippen LogP contribution in [-0.2, 0) is 10.2 Å². The first-order valence-electron chi connectivity index (χ1n) is 9.58. The third kappa shape index (κ3) is 4.26. The van der Waals surface area contributed by atoms with Gasteiger partial charge in [-0.1, -0.05) is 67.6 Å². The summed E-state index contributed by atoms with van der Waals surface area (Å²) in [6.07, 6.45) is 3.76. The van der Waals surface area contributed by atoms with Gasteiger partial charge < -0.3 is 0 Å². The summed E-state index contributed by atoms with van der Waals surface area (Å²) < 4.78 is 0. The second-order valence-corrected chi connectivity index (χ2v) is 8.69. The van der Waals surface area contributed by atoms with Crippen molar-refractivity contribution in [1.82, 2.24) is 4.98 Å². The quantitative estimate of drug-likeness (QED) is 0.295. The van der Waals surface area contributed by atoms with E-state index in [0.717, 1.165) is 24.1 Å². The van der Waals surface area contributed by atoms with E-state index in [1.807, 2.05) is 41.8 Å². The van der Waals surface area contributed by atoms with Crippen LogP contribution in [0.15, 0.2) is 71.1 Å². The molecule has 0 bridgehead atoms. The number of thiazole rings is 1. The van der Waals surface area contributed by atoms with E-state index in [1.165, 1.54) is 21.9 Å². The molecule has 148 valence electrons. The first kappa shape index (κ1) is 19.8. The number of hydrazone groups is 1. The fourth-order valence-electron chi connectivity index (χ4n) is 3.81. The molecule has 4 rings (SSSR count). The van der Waals surface area contributed by atoms with Crippen LogP contribution >= 0.6 is 22.9 Å². The van der Waals surface area contributed by atoms with E-state index in [2.05, 4.69) is 36.3 Å². The van der Waals surface area contributed by atoms with Crippen molar-refractivity contribution in [3.8, 4) is 0 Å². The Morgan fingerprint density at radius 2 is 1.86 bits per heavy atom. The highest BCUT2D eigenvalue weighted by Crippen LogP contribution is 2.52. The molecule has 3 aromatic rings. The lowest BCUT2D eigenvalue weighted by atomic mass is 9.59. The van der Waals surface area contributed by atoms with E-state index in [-0.39, 0.29) is 17.2 Å². The standard InChI is InChI=1S/C23H22ClN3OS/c1-23(19-10-6-3-7-11-19)12-18(13-23)20-16-29-22(26-20)27(21(28)14-24)25-15-17-8-4-2-5-9-17/h2-11,15-16,18H,12-14H2,1H3. The second kappa shape index (κ2) is 8.47. The largest absolute Gasteiger partial charge is 0.271 e. The van der Waals surface area contributed by atoms with Gasteiger partial charge >= 0.3 is 0 Å².